The third-order valence-electron chi connectivity index (χ3n) is 5.03. The SMILES string of the molecule is CC(=O)OC[C@]12C=CC(=O)C[C@H]1CN(Cc1ccccc1)CC2. The molecular formula is C19H23NO3. The van der Waals surface area contributed by atoms with Gasteiger partial charge < -0.3 is 4.74 Å². The number of rotatable bonds is 4. The van der Waals surface area contributed by atoms with Crippen LogP contribution in [0, 0.1) is 11.3 Å². The number of esters is 1. The van der Waals surface area contributed by atoms with Crippen LogP contribution in [0.15, 0.2) is 42.5 Å². The van der Waals surface area contributed by atoms with Gasteiger partial charge >= 0.3 is 5.97 Å². The highest BCUT2D eigenvalue weighted by Crippen LogP contribution is 2.43. The first-order valence-corrected chi connectivity index (χ1v) is 8.19. The van der Waals surface area contributed by atoms with Crippen molar-refractivity contribution >= 4 is 11.8 Å². The number of allylic oxidation sites excluding steroid dienone is 1. The third kappa shape index (κ3) is 3.70. The van der Waals surface area contributed by atoms with Gasteiger partial charge in [0.1, 0.15) is 6.61 Å². The highest BCUT2D eigenvalue weighted by atomic mass is 16.5. The minimum atomic E-state index is -0.254. The Labute approximate surface area is 137 Å². The lowest BCUT2D eigenvalue weighted by molar-refractivity contribution is -0.146. The second-order valence-corrected chi connectivity index (χ2v) is 6.68. The summed E-state index contributed by atoms with van der Waals surface area (Å²) in [5.41, 5.74) is 1.12. The minimum absolute atomic E-state index is 0.174. The van der Waals surface area contributed by atoms with Crippen molar-refractivity contribution in [2.75, 3.05) is 19.7 Å². The summed E-state index contributed by atoms with van der Waals surface area (Å²) in [7, 11) is 0. The smallest absolute Gasteiger partial charge is 0.302 e. The summed E-state index contributed by atoms with van der Waals surface area (Å²) in [5, 5.41) is 0. The topological polar surface area (TPSA) is 46.6 Å². The van der Waals surface area contributed by atoms with Crippen molar-refractivity contribution in [3.8, 4) is 0 Å². The van der Waals surface area contributed by atoms with E-state index in [1.165, 1.54) is 12.5 Å². The second kappa shape index (κ2) is 6.67. The van der Waals surface area contributed by atoms with E-state index in [2.05, 4.69) is 29.2 Å². The van der Waals surface area contributed by atoms with Crippen LogP contribution >= 0.6 is 0 Å². The summed E-state index contributed by atoms with van der Waals surface area (Å²) < 4.78 is 5.31. The average molecular weight is 313 g/mol. The lowest BCUT2D eigenvalue weighted by Crippen LogP contribution is -2.50. The van der Waals surface area contributed by atoms with Gasteiger partial charge in [-0.05, 0) is 30.5 Å². The molecule has 1 fully saturated rings. The van der Waals surface area contributed by atoms with E-state index in [1.807, 2.05) is 12.1 Å². The van der Waals surface area contributed by atoms with Crippen LogP contribution in [0.5, 0.6) is 0 Å². The van der Waals surface area contributed by atoms with E-state index >= 15 is 0 Å². The van der Waals surface area contributed by atoms with Gasteiger partial charge in [0, 0.05) is 31.8 Å². The maximum Gasteiger partial charge on any atom is 0.302 e. The molecule has 0 N–H and O–H groups in total. The number of ether oxygens (including phenoxy) is 1. The minimum Gasteiger partial charge on any atom is -0.465 e. The van der Waals surface area contributed by atoms with Gasteiger partial charge in [0.25, 0.3) is 0 Å². The van der Waals surface area contributed by atoms with Crippen LogP contribution in [0.4, 0.5) is 0 Å². The summed E-state index contributed by atoms with van der Waals surface area (Å²) in [6, 6.07) is 10.4. The van der Waals surface area contributed by atoms with Crippen molar-refractivity contribution < 1.29 is 14.3 Å². The van der Waals surface area contributed by atoms with Crippen LogP contribution in [0.25, 0.3) is 0 Å². The van der Waals surface area contributed by atoms with E-state index in [0.29, 0.717) is 13.0 Å². The Bertz CT molecular complexity index is 610. The lowest BCUT2D eigenvalue weighted by Gasteiger charge is -2.47. The molecule has 2 aliphatic rings. The number of nitrogens with zero attached hydrogens (tertiary/aromatic N) is 1. The number of hydrogen-bond donors (Lipinski definition) is 0. The van der Waals surface area contributed by atoms with E-state index in [0.717, 1.165) is 26.1 Å². The number of ketones is 1. The molecule has 0 spiro atoms. The number of benzene rings is 1. The molecule has 4 heteroatoms. The number of likely N-dealkylation sites (tertiary alicyclic amines) is 1. The van der Waals surface area contributed by atoms with Gasteiger partial charge in [-0.3, -0.25) is 14.5 Å². The van der Waals surface area contributed by atoms with Crippen molar-refractivity contribution in [3.05, 3.63) is 48.0 Å². The average Bonchev–Trinajstić information content (AvgIpc) is 2.54. The van der Waals surface area contributed by atoms with Gasteiger partial charge in [-0.25, -0.2) is 0 Å². The third-order valence-corrected chi connectivity index (χ3v) is 5.03. The van der Waals surface area contributed by atoms with Crippen LogP contribution in [0.1, 0.15) is 25.3 Å². The molecule has 122 valence electrons. The first-order valence-electron chi connectivity index (χ1n) is 8.19. The second-order valence-electron chi connectivity index (χ2n) is 6.68. The molecule has 1 heterocycles. The van der Waals surface area contributed by atoms with Gasteiger partial charge in [-0.15, -0.1) is 0 Å². The zero-order chi connectivity index (χ0) is 16.3. The molecule has 0 radical (unpaired) electrons. The number of hydrogen-bond acceptors (Lipinski definition) is 4. The maximum absolute atomic E-state index is 11.9. The molecule has 2 atom stereocenters. The van der Waals surface area contributed by atoms with Crippen LogP contribution < -0.4 is 0 Å². The van der Waals surface area contributed by atoms with Gasteiger partial charge in [0.2, 0.25) is 0 Å². The quantitative estimate of drug-likeness (QED) is 0.802. The number of carbonyl (C=O) groups excluding carboxylic acids is 2. The lowest BCUT2D eigenvalue weighted by atomic mass is 9.66. The maximum atomic E-state index is 11.9. The summed E-state index contributed by atoms with van der Waals surface area (Å²) in [4.78, 5) is 25.5. The van der Waals surface area contributed by atoms with Crippen LogP contribution in [0.2, 0.25) is 0 Å². The molecule has 3 rings (SSSR count). The Morgan fingerprint density at radius 3 is 2.87 bits per heavy atom. The highest BCUT2D eigenvalue weighted by Gasteiger charge is 2.44. The molecule has 1 aliphatic heterocycles. The van der Waals surface area contributed by atoms with Crippen molar-refractivity contribution in [1.29, 1.82) is 0 Å². The fourth-order valence-electron chi connectivity index (χ4n) is 3.67. The predicted octanol–water partition coefficient (Wildman–Crippen LogP) is 2.59. The van der Waals surface area contributed by atoms with Gasteiger partial charge in [-0.2, -0.15) is 0 Å². The predicted molar refractivity (Wildman–Crippen MR) is 87.7 cm³/mol. The normalized spacial score (nSPS) is 27.5. The Morgan fingerprint density at radius 1 is 1.35 bits per heavy atom. The van der Waals surface area contributed by atoms with Crippen molar-refractivity contribution in [1.82, 2.24) is 4.90 Å². The molecule has 0 aromatic heterocycles. The number of carbonyl (C=O) groups is 2. The van der Waals surface area contributed by atoms with E-state index in [4.69, 9.17) is 4.74 Å². The van der Waals surface area contributed by atoms with E-state index in [1.54, 1.807) is 6.08 Å². The number of fused-ring (bicyclic) bond motifs is 1. The molecule has 0 bridgehead atoms. The zero-order valence-electron chi connectivity index (χ0n) is 13.5. The van der Waals surface area contributed by atoms with Gasteiger partial charge in [0.15, 0.2) is 5.78 Å². The van der Waals surface area contributed by atoms with E-state index in [-0.39, 0.29) is 23.1 Å². The van der Waals surface area contributed by atoms with Crippen molar-refractivity contribution in [3.63, 3.8) is 0 Å². The molecule has 1 aromatic rings. The fraction of sp³-hybridized carbons (Fsp3) is 0.474. The molecule has 23 heavy (non-hydrogen) atoms. The standard InChI is InChI=1S/C19H23NO3/c1-15(21)23-14-19-8-7-18(22)11-17(19)13-20(10-9-19)12-16-5-3-2-4-6-16/h2-8,17H,9-14H2,1H3/t17-,19+/m0/s1. The highest BCUT2D eigenvalue weighted by molar-refractivity contribution is 5.91. The van der Waals surface area contributed by atoms with Crippen LogP contribution in [-0.2, 0) is 20.9 Å². The monoisotopic (exact) mass is 313 g/mol. The van der Waals surface area contributed by atoms with Gasteiger partial charge in [0.05, 0.1) is 0 Å². The van der Waals surface area contributed by atoms with Gasteiger partial charge in [-0.1, -0.05) is 36.4 Å². The Balaban J connectivity index is 1.71. The summed E-state index contributed by atoms with van der Waals surface area (Å²) in [6.45, 7) is 4.54. The zero-order valence-corrected chi connectivity index (χ0v) is 13.5. The first-order chi connectivity index (χ1) is 11.1. The Morgan fingerprint density at radius 2 is 2.13 bits per heavy atom. The van der Waals surface area contributed by atoms with E-state index in [9.17, 15) is 9.59 Å². The Kier molecular flexibility index (Phi) is 4.62. The molecule has 4 nitrogen and oxygen atoms in total. The first kappa shape index (κ1) is 15.9. The van der Waals surface area contributed by atoms with Crippen LogP contribution in [0.3, 0.4) is 0 Å². The molecule has 0 amide bonds. The summed E-state index contributed by atoms with van der Waals surface area (Å²) in [5.74, 6) is 0.141. The molecular weight excluding hydrogens is 290 g/mol. The molecule has 1 saturated heterocycles. The largest absolute Gasteiger partial charge is 0.465 e. The van der Waals surface area contributed by atoms with E-state index < -0.39 is 0 Å². The molecule has 0 saturated carbocycles. The molecule has 1 aliphatic carbocycles. The summed E-state index contributed by atoms with van der Waals surface area (Å²) in [6.07, 6.45) is 5.13. The summed E-state index contributed by atoms with van der Waals surface area (Å²) >= 11 is 0. The van der Waals surface area contributed by atoms with Crippen molar-refractivity contribution in [2.24, 2.45) is 11.3 Å². The fourth-order valence-corrected chi connectivity index (χ4v) is 3.67. The molecule has 0 unspecified atom stereocenters. The molecule has 1 aromatic carbocycles. The van der Waals surface area contributed by atoms with Crippen molar-refractivity contribution in [2.45, 2.75) is 26.3 Å². The van der Waals surface area contributed by atoms with Crippen LogP contribution in [-0.4, -0.2) is 36.3 Å². The number of piperidine rings is 1. The Hall–Kier alpha value is -1.94.